The summed E-state index contributed by atoms with van der Waals surface area (Å²) in [6.07, 6.45) is 0. The monoisotopic (exact) mass is 562 g/mol. The van der Waals surface area contributed by atoms with Crippen LogP contribution in [0, 0.1) is 0 Å². The van der Waals surface area contributed by atoms with Crippen LogP contribution >= 0.6 is 0 Å². The second-order valence-electron chi connectivity index (χ2n) is 11.0. The molecule has 0 amide bonds. The molecular weight excluding hydrogens is 532 g/mol. The molecule has 8 aromatic rings. The summed E-state index contributed by atoms with van der Waals surface area (Å²) < 4.78 is 2.41. The number of hydrogen-bond donors (Lipinski definition) is 0. The predicted molar refractivity (Wildman–Crippen MR) is 186 cm³/mol. The van der Waals surface area contributed by atoms with Crippen LogP contribution in [0.1, 0.15) is 0 Å². The Morgan fingerprint density at radius 2 is 0.705 bits per heavy atom. The Labute approximate surface area is 257 Å². The lowest BCUT2D eigenvalue weighted by molar-refractivity contribution is 1.15. The van der Waals surface area contributed by atoms with E-state index in [1.54, 1.807) is 0 Å². The number of rotatable bonds is 6. The van der Waals surface area contributed by atoms with Gasteiger partial charge in [-0.15, -0.1) is 0 Å². The van der Waals surface area contributed by atoms with Crippen molar-refractivity contribution in [1.82, 2.24) is 4.57 Å². The Morgan fingerprint density at radius 3 is 1.20 bits per heavy atom. The molecule has 0 atom stereocenters. The number of hydrogen-bond acceptors (Lipinski definition) is 1. The number of anilines is 3. The van der Waals surface area contributed by atoms with Gasteiger partial charge in [0.15, 0.2) is 0 Å². The molecule has 0 radical (unpaired) electrons. The van der Waals surface area contributed by atoms with Gasteiger partial charge in [0, 0.05) is 22.1 Å². The van der Waals surface area contributed by atoms with E-state index in [2.05, 4.69) is 191 Å². The molecular formula is C42H30N2. The highest BCUT2D eigenvalue weighted by atomic mass is 15.2. The zero-order chi connectivity index (χ0) is 29.3. The summed E-state index contributed by atoms with van der Waals surface area (Å²) in [5.74, 6) is 0. The summed E-state index contributed by atoms with van der Waals surface area (Å²) in [7, 11) is 0. The molecule has 0 bridgehead atoms. The van der Waals surface area contributed by atoms with Crippen LogP contribution < -0.4 is 4.90 Å². The molecule has 0 unspecified atom stereocenters. The van der Waals surface area contributed by atoms with Gasteiger partial charge >= 0.3 is 0 Å². The fourth-order valence-electron chi connectivity index (χ4n) is 6.32. The van der Waals surface area contributed by atoms with Crippen molar-refractivity contribution < 1.29 is 0 Å². The van der Waals surface area contributed by atoms with Crippen LogP contribution in [-0.4, -0.2) is 4.57 Å². The molecule has 0 aliphatic heterocycles. The molecule has 0 fully saturated rings. The summed E-state index contributed by atoms with van der Waals surface area (Å²) in [4.78, 5) is 2.38. The van der Waals surface area contributed by atoms with E-state index in [1.165, 1.54) is 44.1 Å². The second kappa shape index (κ2) is 11.1. The Hall–Kier alpha value is -5.86. The van der Waals surface area contributed by atoms with Gasteiger partial charge in [-0.3, -0.25) is 0 Å². The summed E-state index contributed by atoms with van der Waals surface area (Å²) >= 11 is 0. The smallest absolute Gasteiger partial charge is 0.0702 e. The quantitative estimate of drug-likeness (QED) is 0.196. The van der Waals surface area contributed by atoms with E-state index >= 15 is 0 Å². The fourth-order valence-corrected chi connectivity index (χ4v) is 6.32. The van der Waals surface area contributed by atoms with Crippen molar-refractivity contribution >= 4 is 38.9 Å². The van der Waals surface area contributed by atoms with E-state index in [9.17, 15) is 0 Å². The van der Waals surface area contributed by atoms with Crippen LogP contribution in [0.5, 0.6) is 0 Å². The zero-order valence-corrected chi connectivity index (χ0v) is 24.2. The number of aromatic nitrogens is 1. The Balaban J connectivity index is 1.33. The van der Waals surface area contributed by atoms with Gasteiger partial charge in [-0.1, -0.05) is 133 Å². The fraction of sp³-hybridized carbons (Fsp3) is 0. The van der Waals surface area contributed by atoms with E-state index < -0.39 is 0 Å². The summed E-state index contributed by atoms with van der Waals surface area (Å²) in [6.45, 7) is 0. The zero-order valence-electron chi connectivity index (χ0n) is 24.2. The minimum absolute atomic E-state index is 1.10. The van der Waals surface area contributed by atoms with Crippen LogP contribution in [0.25, 0.3) is 49.7 Å². The Kier molecular flexibility index (Phi) is 6.51. The Morgan fingerprint density at radius 1 is 0.318 bits per heavy atom. The van der Waals surface area contributed by atoms with Gasteiger partial charge in [-0.2, -0.15) is 0 Å². The maximum absolute atomic E-state index is 2.41. The number of benzene rings is 7. The third kappa shape index (κ3) is 4.54. The summed E-state index contributed by atoms with van der Waals surface area (Å²) in [6, 6.07) is 65.1. The lowest BCUT2D eigenvalue weighted by Gasteiger charge is -2.28. The first-order valence-electron chi connectivity index (χ1n) is 15.0. The lowest BCUT2D eigenvalue weighted by atomic mass is 10.0. The lowest BCUT2D eigenvalue weighted by Crippen LogP contribution is -2.13. The van der Waals surface area contributed by atoms with E-state index in [4.69, 9.17) is 0 Å². The molecule has 8 rings (SSSR count). The summed E-state index contributed by atoms with van der Waals surface area (Å²) in [5, 5.41) is 2.51. The molecule has 2 nitrogen and oxygen atoms in total. The average Bonchev–Trinajstić information content (AvgIpc) is 3.44. The highest BCUT2D eigenvalue weighted by Gasteiger charge is 2.20. The van der Waals surface area contributed by atoms with Gasteiger partial charge in [0.1, 0.15) is 0 Å². The Bertz CT molecular complexity index is 2060. The molecule has 0 saturated heterocycles. The van der Waals surface area contributed by atoms with E-state index in [1.807, 2.05) is 0 Å². The van der Waals surface area contributed by atoms with Crippen molar-refractivity contribution in [2.45, 2.75) is 0 Å². The van der Waals surface area contributed by atoms with Gasteiger partial charge in [0.05, 0.1) is 22.4 Å². The van der Waals surface area contributed by atoms with Crippen LogP contribution in [0.4, 0.5) is 17.1 Å². The molecule has 1 aromatic heterocycles. The van der Waals surface area contributed by atoms with E-state index in [0.717, 1.165) is 22.7 Å². The van der Waals surface area contributed by atoms with Crippen LogP contribution in [0.2, 0.25) is 0 Å². The van der Waals surface area contributed by atoms with Gasteiger partial charge < -0.3 is 9.47 Å². The molecule has 208 valence electrons. The first-order chi connectivity index (χ1) is 21.8. The minimum atomic E-state index is 1.10. The maximum Gasteiger partial charge on any atom is 0.0702 e. The van der Waals surface area contributed by atoms with Crippen molar-refractivity contribution in [1.29, 1.82) is 0 Å². The molecule has 1 heterocycles. The van der Waals surface area contributed by atoms with Crippen molar-refractivity contribution in [2.75, 3.05) is 4.90 Å². The van der Waals surface area contributed by atoms with Crippen molar-refractivity contribution in [2.24, 2.45) is 0 Å². The SMILES string of the molecule is c1ccc(-c2ccc(N(c3ccc(-c4ccccc4)cc3)c3ccccc3-n3c4ccccc4c4ccccc43)cc2)cc1. The van der Waals surface area contributed by atoms with Crippen LogP contribution in [0.3, 0.4) is 0 Å². The maximum atomic E-state index is 2.41. The summed E-state index contributed by atoms with van der Waals surface area (Å²) in [5.41, 5.74) is 11.7. The predicted octanol–water partition coefficient (Wildman–Crippen LogP) is 11.6. The number of para-hydroxylation sites is 4. The molecule has 0 aliphatic rings. The molecule has 0 N–H and O–H groups in total. The second-order valence-corrected chi connectivity index (χ2v) is 11.0. The standard InChI is InChI=1S/C42H30N2/c1-3-13-31(14-4-1)33-23-27-35(28-24-33)43(36-29-25-34(26-30-36)32-15-5-2-6-16-32)41-21-11-12-22-42(41)44-39-19-9-7-17-37(39)38-18-8-10-20-40(38)44/h1-30H. The third-order valence-electron chi connectivity index (χ3n) is 8.41. The largest absolute Gasteiger partial charge is 0.308 e. The highest BCUT2D eigenvalue weighted by molar-refractivity contribution is 6.09. The molecule has 7 aromatic carbocycles. The van der Waals surface area contributed by atoms with Crippen molar-refractivity contribution in [3.8, 4) is 27.9 Å². The topological polar surface area (TPSA) is 8.17 Å². The highest BCUT2D eigenvalue weighted by Crippen LogP contribution is 2.42. The average molecular weight is 563 g/mol. The van der Waals surface area contributed by atoms with E-state index in [0.29, 0.717) is 0 Å². The van der Waals surface area contributed by atoms with Gasteiger partial charge in [-0.25, -0.2) is 0 Å². The molecule has 44 heavy (non-hydrogen) atoms. The number of nitrogens with zero attached hydrogens (tertiary/aromatic N) is 2. The molecule has 0 aliphatic carbocycles. The van der Waals surface area contributed by atoms with Crippen molar-refractivity contribution in [3.63, 3.8) is 0 Å². The van der Waals surface area contributed by atoms with Crippen LogP contribution in [0.15, 0.2) is 182 Å². The number of fused-ring (bicyclic) bond motifs is 3. The first-order valence-corrected chi connectivity index (χ1v) is 15.0. The van der Waals surface area contributed by atoms with Gasteiger partial charge in [0.25, 0.3) is 0 Å². The van der Waals surface area contributed by atoms with E-state index in [-0.39, 0.29) is 0 Å². The third-order valence-corrected chi connectivity index (χ3v) is 8.41. The van der Waals surface area contributed by atoms with Gasteiger partial charge in [-0.05, 0) is 70.8 Å². The minimum Gasteiger partial charge on any atom is -0.308 e. The molecule has 2 heteroatoms. The first kappa shape index (κ1) is 25.8. The van der Waals surface area contributed by atoms with Crippen LogP contribution in [-0.2, 0) is 0 Å². The van der Waals surface area contributed by atoms with Gasteiger partial charge in [0.2, 0.25) is 0 Å². The normalized spacial score (nSPS) is 11.2. The van der Waals surface area contributed by atoms with Crippen molar-refractivity contribution in [3.05, 3.63) is 182 Å². The molecule has 0 saturated carbocycles. The molecule has 0 spiro atoms.